The van der Waals surface area contributed by atoms with Crippen LogP contribution in [0.25, 0.3) is 0 Å². The van der Waals surface area contributed by atoms with Crippen molar-refractivity contribution in [3.8, 4) is 0 Å². The Labute approximate surface area is 159 Å². The Bertz CT molecular complexity index is 542. The molecule has 1 fully saturated rings. The zero-order valence-corrected chi connectivity index (χ0v) is 16.1. The highest BCUT2D eigenvalue weighted by atomic mass is 16.7. The average Bonchev–Trinajstić information content (AvgIpc) is 2.57. The standard InChI is InChI=1S/C19H32O8/c1-10(21)4-5-13-11(6-12(22)7-19(13,2)3)9-26-18-17(25)16(24)15(23)14(8-20)27-18/h6,10,13-18,20-21,23-25H,4-5,7-9H2,1-3H3. The normalized spacial score (nSPS) is 37.8. The average molecular weight is 388 g/mol. The van der Waals surface area contributed by atoms with E-state index in [-0.39, 0.29) is 23.7 Å². The molecule has 0 saturated carbocycles. The molecule has 0 aromatic carbocycles. The molecule has 5 N–H and O–H groups in total. The topological polar surface area (TPSA) is 137 Å². The van der Waals surface area contributed by atoms with E-state index in [2.05, 4.69) is 0 Å². The fourth-order valence-electron chi connectivity index (χ4n) is 3.94. The number of carbonyl (C=O) groups is 1. The summed E-state index contributed by atoms with van der Waals surface area (Å²) in [6, 6.07) is 0. The lowest BCUT2D eigenvalue weighted by molar-refractivity contribution is -0.299. The van der Waals surface area contributed by atoms with Gasteiger partial charge in [0, 0.05) is 6.42 Å². The summed E-state index contributed by atoms with van der Waals surface area (Å²) in [4.78, 5) is 12.1. The molecule has 0 spiro atoms. The number of hydrogen-bond acceptors (Lipinski definition) is 8. The highest BCUT2D eigenvalue weighted by Crippen LogP contribution is 2.43. The largest absolute Gasteiger partial charge is 0.394 e. The lowest BCUT2D eigenvalue weighted by atomic mass is 9.66. The molecule has 1 aliphatic heterocycles. The van der Waals surface area contributed by atoms with Gasteiger partial charge in [-0.15, -0.1) is 0 Å². The van der Waals surface area contributed by atoms with E-state index in [4.69, 9.17) is 9.47 Å². The van der Waals surface area contributed by atoms with Gasteiger partial charge in [0.2, 0.25) is 0 Å². The molecule has 156 valence electrons. The summed E-state index contributed by atoms with van der Waals surface area (Å²) in [5.74, 6) is -0.00427. The van der Waals surface area contributed by atoms with Gasteiger partial charge in [0.1, 0.15) is 24.4 Å². The Morgan fingerprint density at radius 1 is 1.26 bits per heavy atom. The van der Waals surface area contributed by atoms with Gasteiger partial charge in [0.15, 0.2) is 12.1 Å². The van der Waals surface area contributed by atoms with Crippen LogP contribution in [-0.2, 0) is 14.3 Å². The van der Waals surface area contributed by atoms with Crippen LogP contribution >= 0.6 is 0 Å². The number of rotatable bonds is 7. The first kappa shape index (κ1) is 22.4. The molecule has 1 saturated heterocycles. The van der Waals surface area contributed by atoms with Crippen LogP contribution in [0.5, 0.6) is 0 Å². The third-order valence-corrected chi connectivity index (χ3v) is 5.50. The Morgan fingerprint density at radius 2 is 1.93 bits per heavy atom. The molecule has 0 bridgehead atoms. The lowest BCUT2D eigenvalue weighted by Crippen LogP contribution is -2.59. The van der Waals surface area contributed by atoms with Crippen molar-refractivity contribution in [2.75, 3.05) is 13.2 Å². The molecule has 2 aliphatic rings. The van der Waals surface area contributed by atoms with E-state index in [0.29, 0.717) is 19.3 Å². The van der Waals surface area contributed by atoms with Crippen molar-refractivity contribution in [1.82, 2.24) is 0 Å². The molecular weight excluding hydrogens is 356 g/mol. The third kappa shape index (κ3) is 5.35. The molecule has 2 rings (SSSR count). The second-order valence-corrected chi connectivity index (χ2v) is 8.34. The summed E-state index contributed by atoms with van der Waals surface area (Å²) in [7, 11) is 0. The highest BCUT2D eigenvalue weighted by Gasteiger charge is 2.45. The SMILES string of the molecule is CC(O)CCC1C(COC2OC(CO)C(O)C(O)C2O)=CC(=O)CC1(C)C. The van der Waals surface area contributed by atoms with Crippen LogP contribution in [0.15, 0.2) is 11.6 Å². The molecule has 1 aliphatic carbocycles. The third-order valence-electron chi connectivity index (χ3n) is 5.50. The number of ether oxygens (including phenoxy) is 2. The molecule has 7 unspecified atom stereocenters. The van der Waals surface area contributed by atoms with Crippen molar-refractivity contribution in [2.45, 2.75) is 76.8 Å². The minimum atomic E-state index is -1.51. The van der Waals surface area contributed by atoms with Crippen LogP contribution in [0.3, 0.4) is 0 Å². The Morgan fingerprint density at radius 3 is 2.52 bits per heavy atom. The van der Waals surface area contributed by atoms with Gasteiger partial charge in [-0.05, 0) is 42.7 Å². The van der Waals surface area contributed by atoms with Crippen molar-refractivity contribution < 1.29 is 39.8 Å². The molecule has 0 radical (unpaired) electrons. The predicted molar refractivity (Wildman–Crippen MR) is 95.6 cm³/mol. The summed E-state index contributed by atoms with van der Waals surface area (Å²) in [5.41, 5.74) is 0.447. The maximum Gasteiger partial charge on any atom is 0.187 e. The molecule has 0 aromatic heterocycles. The van der Waals surface area contributed by atoms with Gasteiger partial charge in [-0.2, -0.15) is 0 Å². The maximum atomic E-state index is 12.1. The van der Waals surface area contributed by atoms with Gasteiger partial charge in [-0.25, -0.2) is 0 Å². The van der Waals surface area contributed by atoms with Gasteiger partial charge in [0.05, 0.1) is 19.3 Å². The molecule has 8 heteroatoms. The van der Waals surface area contributed by atoms with Gasteiger partial charge < -0.3 is 35.0 Å². The smallest absolute Gasteiger partial charge is 0.187 e. The van der Waals surface area contributed by atoms with E-state index in [1.54, 1.807) is 13.0 Å². The lowest BCUT2D eigenvalue weighted by Gasteiger charge is -2.42. The summed E-state index contributed by atoms with van der Waals surface area (Å²) < 4.78 is 11.0. The Balaban J connectivity index is 2.09. The van der Waals surface area contributed by atoms with Crippen molar-refractivity contribution in [1.29, 1.82) is 0 Å². The van der Waals surface area contributed by atoms with Crippen molar-refractivity contribution in [3.63, 3.8) is 0 Å². The molecule has 7 atom stereocenters. The molecule has 27 heavy (non-hydrogen) atoms. The fourth-order valence-corrected chi connectivity index (χ4v) is 3.94. The second kappa shape index (κ2) is 9.09. The number of aliphatic hydroxyl groups is 5. The molecule has 8 nitrogen and oxygen atoms in total. The van der Waals surface area contributed by atoms with Gasteiger partial charge in [-0.3, -0.25) is 4.79 Å². The zero-order chi connectivity index (χ0) is 20.4. The van der Waals surface area contributed by atoms with Crippen LogP contribution in [0, 0.1) is 11.3 Å². The zero-order valence-electron chi connectivity index (χ0n) is 16.1. The first-order valence-corrected chi connectivity index (χ1v) is 9.40. The van der Waals surface area contributed by atoms with Crippen LogP contribution in [-0.4, -0.2) is 81.3 Å². The van der Waals surface area contributed by atoms with Crippen molar-refractivity contribution in [2.24, 2.45) is 11.3 Å². The molecular formula is C19H32O8. The van der Waals surface area contributed by atoms with E-state index >= 15 is 0 Å². The van der Waals surface area contributed by atoms with Gasteiger partial charge >= 0.3 is 0 Å². The fraction of sp³-hybridized carbons (Fsp3) is 0.842. The summed E-state index contributed by atoms with van der Waals surface area (Å²) >= 11 is 0. The molecule has 1 heterocycles. The number of ketones is 1. The molecule has 0 amide bonds. The van der Waals surface area contributed by atoms with Crippen LogP contribution in [0.2, 0.25) is 0 Å². The van der Waals surface area contributed by atoms with Crippen LogP contribution < -0.4 is 0 Å². The maximum absolute atomic E-state index is 12.1. The van der Waals surface area contributed by atoms with Gasteiger partial charge in [-0.1, -0.05) is 13.8 Å². The first-order valence-electron chi connectivity index (χ1n) is 9.40. The van der Waals surface area contributed by atoms with Crippen molar-refractivity contribution >= 4 is 5.78 Å². The number of hydrogen-bond donors (Lipinski definition) is 5. The monoisotopic (exact) mass is 388 g/mol. The highest BCUT2D eigenvalue weighted by molar-refractivity contribution is 5.92. The van der Waals surface area contributed by atoms with Crippen LogP contribution in [0.1, 0.15) is 40.0 Å². The number of aliphatic hydroxyl groups excluding tert-OH is 5. The first-order chi connectivity index (χ1) is 12.6. The van der Waals surface area contributed by atoms with E-state index in [9.17, 15) is 30.3 Å². The van der Waals surface area contributed by atoms with E-state index in [1.807, 2.05) is 13.8 Å². The molecule has 0 aromatic rings. The summed E-state index contributed by atoms with van der Waals surface area (Å²) in [6.45, 7) is 5.18. The number of allylic oxidation sites excluding steroid dienone is 1. The number of carbonyl (C=O) groups excluding carboxylic acids is 1. The van der Waals surface area contributed by atoms with Crippen molar-refractivity contribution in [3.05, 3.63) is 11.6 Å². The minimum Gasteiger partial charge on any atom is -0.394 e. The predicted octanol–water partition coefficient (Wildman–Crippen LogP) is -0.495. The second-order valence-electron chi connectivity index (χ2n) is 8.34. The van der Waals surface area contributed by atoms with E-state index < -0.39 is 43.4 Å². The quantitative estimate of drug-likeness (QED) is 0.394. The minimum absolute atomic E-state index is 0.00232. The summed E-state index contributed by atoms with van der Waals surface area (Å²) in [6.07, 6.45) is -3.96. The Hall–Kier alpha value is -0.870. The van der Waals surface area contributed by atoms with Crippen LogP contribution in [0.4, 0.5) is 0 Å². The van der Waals surface area contributed by atoms with E-state index in [1.165, 1.54) is 0 Å². The van der Waals surface area contributed by atoms with E-state index in [0.717, 1.165) is 5.57 Å². The summed E-state index contributed by atoms with van der Waals surface area (Å²) in [5, 5.41) is 48.7. The Kier molecular flexibility index (Phi) is 7.54. The van der Waals surface area contributed by atoms with Gasteiger partial charge in [0.25, 0.3) is 0 Å².